The van der Waals surface area contributed by atoms with E-state index in [4.69, 9.17) is 33.9 Å². The van der Waals surface area contributed by atoms with Crippen molar-refractivity contribution in [3.63, 3.8) is 0 Å². The Morgan fingerprint density at radius 1 is 0.950 bits per heavy atom. The molecule has 0 spiro atoms. The van der Waals surface area contributed by atoms with Crippen LogP contribution in [0.25, 0.3) is 0 Å². The van der Waals surface area contributed by atoms with Gasteiger partial charge in [-0.25, -0.2) is 0 Å². The zero-order valence-corrected chi connectivity index (χ0v) is 25.6. The second kappa shape index (κ2) is 15.1. The number of carbonyl (C=O) groups excluding carboxylic acids is 1. The number of guanidine groups is 1. The highest BCUT2D eigenvalue weighted by Gasteiger charge is 2.20. The molecule has 0 aliphatic carbocycles. The quantitative estimate of drug-likeness (QED) is 0.182. The summed E-state index contributed by atoms with van der Waals surface area (Å²) in [6.07, 6.45) is 1.16. The number of halogens is 2. The van der Waals surface area contributed by atoms with Crippen LogP contribution in [0.1, 0.15) is 55.4 Å². The number of likely N-dealkylation sites (N-methyl/N-ethyl adjacent to an activating group) is 1. The van der Waals surface area contributed by atoms with E-state index in [1.807, 2.05) is 30.3 Å². The average molecular weight is 583 g/mol. The molecule has 0 aliphatic heterocycles. The van der Waals surface area contributed by atoms with Gasteiger partial charge in [0, 0.05) is 53.7 Å². The Morgan fingerprint density at radius 3 is 2.15 bits per heavy atom. The van der Waals surface area contributed by atoms with Crippen LogP contribution in [-0.4, -0.2) is 54.9 Å². The van der Waals surface area contributed by atoms with Crippen molar-refractivity contribution in [2.24, 2.45) is 10.7 Å². The smallest absolute Gasteiger partial charge is 0.218 e. The standard InChI is InChI=1S/C32H41Cl2N5O/c1-6-23-7-9-24(10-8-23)21-39(18-17-38(4)5)32(36-22(2)3)37-27-14-11-25(12-15-27)29(20-31(35)40)28-16-13-26(33)19-30(28)34/h7-16,19,22,29H,6,17-18,20-21H2,1-5H3,(H2,35,40)(H,36,37). The number of rotatable bonds is 12. The zero-order valence-electron chi connectivity index (χ0n) is 24.1. The first-order valence-electron chi connectivity index (χ1n) is 13.7. The highest BCUT2D eigenvalue weighted by molar-refractivity contribution is 6.35. The molecule has 214 valence electrons. The van der Waals surface area contributed by atoms with Gasteiger partial charge in [-0.2, -0.15) is 0 Å². The molecule has 0 saturated heterocycles. The van der Waals surface area contributed by atoms with Gasteiger partial charge >= 0.3 is 0 Å². The Kier molecular flexibility index (Phi) is 11.9. The van der Waals surface area contributed by atoms with Gasteiger partial charge in [0.1, 0.15) is 0 Å². The van der Waals surface area contributed by atoms with Crippen LogP contribution in [0.15, 0.2) is 71.7 Å². The van der Waals surface area contributed by atoms with E-state index >= 15 is 0 Å². The van der Waals surface area contributed by atoms with Crippen molar-refractivity contribution in [2.45, 2.75) is 52.1 Å². The molecular formula is C32H41Cl2N5O. The molecule has 0 aromatic heterocycles. The lowest BCUT2D eigenvalue weighted by molar-refractivity contribution is -0.118. The third-order valence-corrected chi connectivity index (χ3v) is 7.18. The van der Waals surface area contributed by atoms with Gasteiger partial charge in [0.2, 0.25) is 5.91 Å². The maximum Gasteiger partial charge on any atom is 0.218 e. The molecular weight excluding hydrogens is 541 g/mol. The molecule has 1 unspecified atom stereocenters. The summed E-state index contributed by atoms with van der Waals surface area (Å²) in [7, 11) is 4.16. The predicted molar refractivity (Wildman–Crippen MR) is 170 cm³/mol. The van der Waals surface area contributed by atoms with Crippen LogP contribution in [0, 0.1) is 0 Å². The van der Waals surface area contributed by atoms with Gasteiger partial charge in [0.05, 0.1) is 0 Å². The number of hydrogen-bond acceptors (Lipinski definition) is 3. The van der Waals surface area contributed by atoms with Gasteiger partial charge in [0.25, 0.3) is 0 Å². The van der Waals surface area contributed by atoms with Crippen molar-refractivity contribution in [1.29, 1.82) is 0 Å². The van der Waals surface area contributed by atoms with E-state index in [-0.39, 0.29) is 18.4 Å². The Labute approximate surface area is 249 Å². The van der Waals surface area contributed by atoms with E-state index in [0.717, 1.165) is 48.8 Å². The van der Waals surface area contributed by atoms with Gasteiger partial charge in [-0.1, -0.05) is 72.6 Å². The molecule has 8 heteroatoms. The van der Waals surface area contributed by atoms with Gasteiger partial charge in [-0.3, -0.25) is 9.79 Å². The van der Waals surface area contributed by atoms with Crippen LogP contribution in [0.4, 0.5) is 5.69 Å². The summed E-state index contributed by atoms with van der Waals surface area (Å²) < 4.78 is 0. The van der Waals surface area contributed by atoms with Crippen molar-refractivity contribution in [3.05, 3.63) is 99.0 Å². The summed E-state index contributed by atoms with van der Waals surface area (Å²) in [5, 5.41) is 4.62. The normalized spacial score (nSPS) is 12.6. The molecule has 1 amide bonds. The number of nitrogens with two attached hydrogens (primary N) is 1. The van der Waals surface area contributed by atoms with Crippen molar-refractivity contribution in [2.75, 3.05) is 32.5 Å². The fraction of sp³-hybridized carbons (Fsp3) is 0.375. The molecule has 0 heterocycles. The second-order valence-corrected chi connectivity index (χ2v) is 11.4. The third kappa shape index (κ3) is 9.54. The Hall–Kier alpha value is -3.06. The molecule has 0 fully saturated rings. The first kappa shape index (κ1) is 31.5. The number of anilines is 1. The summed E-state index contributed by atoms with van der Waals surface area (Å²) in [4.78, 5) is 21.4. The Morgan fingerprint density at radius 2 is 1.60 bits per heavy atom. The SMILES string of the molecule is CCc1ccc(CN(CCN(C)C)/C(=N\C(C)C)Nc2ccc(C(CC(N)=O)c3ccc(Cl)cc3Cl)cc2)cc1. The van der Waals surface area contributed by atoms with Crippen LogP contribution >= 0.6 is 23.2 Å². The monoisotopic (exact) mass is 581 g/mol. The molecule has 0 bridgehead atoms. The van der Waals surface area contributed by atoms with Crippen LogP contribution in [0.2, 0.25) is 10.0 Å². The van der Waals surface area contributed by atoms with Crippen molar-refractivity contribution in [3.8, 4) is 0 Å². The molecule has 6 nitrogen and oxygen atoms in total. The number of nitrogens with zero attached hydrogens (tertiary/aromatic N) is 3. The van der Waals surface area contributed by atoms with Crippen LogP contribution in [0.3, 0.4) is 0 Å². The number of aliphatic imine (C=N–C) groups is 1. The van der Waals surface area contributed by atoms with Gasteiger partial charge < -0.3 is 20.9 Å². The molecule has 40 heavy (non-hydrogen) atoms. The lowest BCUT2D eigenvalue weighted by Gasteiger charge is -2.29. The van der Waals surface area contributed by atoms with E-state index in [1.54, 1.807) is 12.1 Å². The first-order chi connectivity index (χ1) is 19.0. The summed E-state index contributed by atoms with van der Waals surface area (Å²) in [6.45, 7) is 8.77. The molecule has 0 saturated carbocycles. The van der Waals surface area contributed by atoms with Crippen LogP contribution in [0.5, 0.6) is 0 Å². The molecule has 1 atom stereocenters. The van der Waals surface area contributed by atoms with Gasteiger partial charge in [-0.15, -0.1) is 0 Å². The van der Waals surface area contributed by atoms with E-state index in [0.29, 0.717) is 10.0 Å². The topological polar surface area (TPSA) is 74.0 Å². The summed E-state index contributed by atoms with van der Waals surface area (Å²) >= 11 is 12.6. The van der Waals surface area contributed by atoms with Crippen molar-refractivity contribution in [1.82, 2.24) is 9.80 Å². The van der Waals surface area contributed by atoms with Crippen LogP contribution < -0.4 is 11.1 Å². The third-order valence-electron chi connectivity index (χ3n) is 6.61. The second-order valence-electron chi connectivity index (χ2n) is 10.6. The number of primary amides is 1. The van der Waals surface area contributed by atoms with Gasteiger partial charge in [0.15, 0.2) is 5.96 Å². The lowest BCUT2D eigenvalue weighted by Crippen LogP contribution is -2.40. The minimum atomic E-state index is -0.395. The molecule has 0 radical (unpaired) electrons. The fourth-order valence-electron chi connectivity index (χ4n) is 4.44. The average Bonchev–Trinajstić information content (AvgIpc) is 2.90. The molecule has 3 rings (SSSR count). The number of hydrogen-bond donors (Lipinski definition) is 2. The molecule has 3 aromatic rings. The maximum atomic E-state index is 11.9. The van der Waals surface area contributed by atoms with E-state index in [9.17, 15) is 4.79 Å². The molecule has 3 aromatic carbocycles. The lowest BCUT2D eigenvalue weighted by atomic mass is 9.88. The largest absolute Gasteiger partial charge is 0.370 e. The Balaban J connectivity index is 1.89. The maximum absolute atomic E-state index is 11.9. The minimum absolute atomic E-state index is 0.109. The first-order valence-corrected chi connectivity index (χ1v) is 14.5. The summed E-state index contributed by atoms with van der Waals surface area (Å²) in [5.74, 6) is 0.148. The summed E-state index contributed by atoms with van der Waals surface area (Å²) in [6, 6.07) is 22.2. The van der Waals surface area contributed by atoms with E-state index < -0.39 is 5.91 Å². The summed E-state index contributed by atoms with van der Waals surface area (Å²) in [5.41, 5.74) is 10.8. The van der Waals surface area contributed by atoms with E-state index in [2.05, 4.69) is 74.2 Å². The number of carbonyl (C=O) groups is 1. The highest BCUT2D eigenvalue weighted by atomic mass is 35.5. The number of benzene rings is 3. The van der Waals surface area contributed by atoms with Crippen molar-refractivity contribution < 1.29 is 4.79 Å². The molecule has 0 aliphatic rings. The zero-order chi connectivity index (χ0) is 29.2. The predicted octanol–water partition coefficient (Wildman–Crippen LogP) is 6.80. The Bertz CT molecular complexity index is 1270. The van der Waals surface area contributed by atoms with E-state index in [1.165, 1.54) is 11.1 Å². The number of amides is 1. The van der Waals surface area contributed by atoms with Gasteiger partial charge in [-0.05, 0) is 80.9 Å². The number of aryl methyl sites for hydroxylation is 1. The minimum Gasteiger partial charge on any atom is -0.370 e. The molecule has 3 N–H and O–H groups in total. The number of nitrogens with one attached hydrogen (secondary N) is 1. The fourth-order valence-corrected chi connectivity index (χ4v) is 4.98. The highest BCUT2D eigenvalue weighted by Crippen LogP contribution is 2.35. The van der Waals surface area contributed by atoms with Crippen molar-refractivity contribution >= 4 is 40.8 Å². The van der Waals surface area contributed by atoms with Crippen LogP contribution in [-0.2, 0) is 17.8 Å².